The van der Waals surface area contributed by atoms with Gasteiger partial charge in [0.25, 0.3) is 5.89 Å². The predicted octanol–water partition coefficient (Wildman–Crippen LogP) is 0.957. The van der Waals surface area contributed by atoms with Crippen molar-refractivity contribution in [2.24, 2.45) is 0 Å². The minimum absolute atomic E-state index is 0.129. The molecule has 0 saturated carbocycles. The quantitative estimate of drug-likeness (QED) is 0.782. The summed E-state index contributed by atoms with van der Waals surface area (Å²) in [5.74, 6) is -0.263. The Kier molecular flexibility index (Phi) is 2.02. The summed E-state index contributed by atoms with van der Waals surface area (Å²) in [5, 5.41) is 11.9. The van der Waals surface area contributed by atoms with Crippen LogP contribution in [0.2, 0.25) is 0 Å². The number of carboxylic acid groups (broad SMARTS) is 1. The molecule has 0 aliphatic rings. The zero-order valence-electron chi connectivity index (χ0n) is 7.01. The van der Waals surface area contributed by atoms with Crippen LogP contribution in [0.1, 0.15) is 5.82 Å². The molecule has 0 bridgehead atoms. The van der Waals surface area contributed by atoms with Crippen LogP contribution in [0.25, 0.3) is 11.7 Å². The minimum Gasteiger partial charge on any atom is -0.481 e. The van der Waals surface area contributed by atoms with E-state index in [0.29, 0.717) is 5.76 Å². The second-order valence-corrected chi connectivity index (χ2v) is 2.56. The number of carbonyl (C=O) groups is 1. The molecule has 0 fully saturated rings. The number of carboxylic acids is 1. The van der Waals surface area contributed by atoms with Crippen LogP contribution in [0.15, 0.2) is 27.3 Å². The molecule has 0 radical (unpaired) electrons. The monoisotopic (exact) mass is 194 g/mol. The van der Waals surface area contributed by atoms with E-state index >= 15 is 0 Å². The van der Waals surface area contributed by atoms with Gasteiger partial charge in [0, 0.05) is 0 Å². The van der Waals surface area contributed by atoms with Crippen molar-refractivity contribution in [3.8, 4) is 11.7 Å². The molecular weight excluding hydrogens is 188 g/mol. The highest BCUT2D eigenvalue weighted by Crippen LogP contribution is 2.16. The van der Waals surface area contributed by atoms with Gasteiger partial charge in [0.15, 0.2) is 11.6 Å². The first kappa shape index (κ1) is 8.49. The van der Waals surface area contributed by atoms with Gasteiger partial charge in [0.2, 0.25) is 0 Å². The SMILES string of the molecule is O=C(O)Cc1noc(-c2ccco2)n1. The van der Waals surface area contributed by atoms with Crippen LogP contribution in [-0.4, -0.2) is 21.2 Å². The Balaban J connectivity index is 2.22. The van der Waals surface area contributed by atoms with Gasteiger partial charge in [0.1, 0.15) is 6.42 Å². The third kappa shape index (κ3) is 1.63. The third-order valence-electron chi connectivity index (χ3n) is 1.51. The highest BCUT2D eigenvalue weighted by atomic mass is 16.5. The maximum Gasteiger partial charge on any atom is 0.311 e. The van der Waals surface area contributed by atoms with Crippen molar-refractivity contribution < 1.29 is 18.8 Å². The zero-order chi connectivity index (χ0) is 9.97. The van der Waals surface area contributed by atoms with Gasteiger partial charge in [-0.25, -0.2) is 0 Å². The largest absolute Gasteiger partial charge is 0.481 e. The summed E-state index contributed by atoms with van der Waals surface area (Å²) in [4.78, 5) is 14.2. The molecule has 0 unspecified atom stereocenters. The van der Waals surface area contributed by atoms with Gasteiger partial charge >= 0.3 is 5.97 Å². The van der Waals surface area contributed by atoms with Crippen LogP contribution in [0.4, 0.5) is 0 Å². The molecule has 2 rings (SSSR count). The molecule has 6 heteroatoms. The van der Waals surface area contributed by atoms with E-state index in [1.807, 2.05) is 0 Å². The molecule has 0 amide bonds. The van der Waals surface area contributed by atoms with E-state index in [1.165, 1.54) is 6.26 Å². The van der Waals surface area contributed by atoms with E-state index in [4.69, 9.17) is 14.0 Å². The van der Waals surface area contributed by atoms with Gasteiger partial charge in [-0.15, -0.1) is 0 Å². The smallest absolute Gasteiger partial charge is 0.311 e. The first-order valence-corrected chi connectivity index (χ1v) is 3.84. The zero-order valence-corrected chi connectivity index (χ0v) is 7.01. The Hall–Kier alpha value is -2.11. The van der Waals surface area contributed by atoms with Crippen molar-refractivity contribution >= 4 is 5.97 Å². The normalized spacial score (nSPS) is 10.3. The summed E-state index contributed by atoms with van der Waals surface area (Å²) < 4.78 is 9.79. The lowest BCUT2D eigenvalue weighted by molar-refractivity contribution is -0.136. The summed E-state index contributed by atoms with van der Waals surface area (Å²) in [7, 11) is 0. The van der Waals surface area contributed by atoms with Crippen LogP contribution in [-0.2, 0) is 11.2 Å². The van der Waals surface area contributed by atoms with E-state index in [1.54, 1.807) is 12.1 Å². The fourth-order valence-electron chi connectivity index (χ4n) is 0.961. The van der Waals surface area contributed by atoms with Crippen molar-refractivity contribution in [3.05, 3.63) is 24.2 Å². The summed E-state index contributed by atoms with van der Waals surface area (Å²) in [6.45, 7) is 0. The lowest BCUT2D eigenvalue weighted by atomic mass is 10.4. The standard InChI is InChI=1S/C8H6N2O4/c11-7(12)4-6-9-8(14-10-6)5-2-1-3-13-5/h1-3H,4H2,(H,11,12). The number of aromatic nitrogens is 2. The fourth-order valence-corrected chi connectivity index (χ4v) is 0.961. The third-order valence-corrected chi connectivity index (χ3v) is 1.51. The molecule has 0 aliphatic carbocycles. The number of hydrogen-bond acceptors (Lipinski definition) is 5. The summed E-state index contributed by atoms with van der Waals surface area (Å²) >= 11 is 0. The molecule has 0 saturated heterocycles. The Morgan fingerprint density at radius 3 is 3.07 bits per heavy atom. The Morgan fingerprint density at radius 2 is 2.43 bits per heavy atom. The van der Waals surface area contributed by atoms with E-state index < -0.39 is 5.97 Å². The fraction of sp³-hybridized carbons (Fsp3) is 0.125. The summed E-state index contributed by atoms with van der Waals surface area (Å²) in [5.41, 5.74) is 0. The van der Waals surface area contributed by atoms with E-state index in [0.717, 1.165) is 0 Å². The van der Waals surface area contributed by atoms with Crippen molar-refractivity contribution in [1.29, 1.82) is 0 Å². The van der Waals surface area contributed by atoms with Crippen molar-refractivity contribution in [2.45, 2.75) is 6.42 Å². The van der Waals surface area contributed by atoms with Gasteiger partial charge in [-0.3, -0.25) is 4.79 Å². The lowest BCUT2D eigenvalue weighted by Gasteiger charge is -1.83. The topological polar surface area (TPSA) is 89.4 Å². The number of aliphatic carboxylic acids is 1. The molecule has 2 heterocycles. The Labute approximate surface area is 78.2 Å². The van der Waals surface area contributed by atoms with E-state index in [-0.39, 0.29) is 18.1 Å². The molecule has 14 heavy (non-hydrogen) atoms. The van der Waals surface area contributed by atoms with Crippen LogP contribution in [0.3, 0.4) is 0 Å². The van der Waals surface area contributed by atoms with E-state index in [9.17, 15) is 4.79 Å². The molecule has 0 atom stereocenters. The second kappa shape index (κ2) is 3.33. The Morgan fingerprint density at radius 1 is 1.57 bits per heavy atom. The van der Waals surface area contributed by atoms with Gasteiger partial charge in [-0.05, 0) is 12.1 Å². The summed E-state index contributed by atoms with van der Waals surface area (Å²) in [6, 6.07) is 3.33. The lowest BCUT2D eigenvalue weighted by Crippen LogP contribution is -2.01. The molecule has 0 aliphatic heterocycles. The van der Waals surface area contributed by atoms with Crippen molar-refractivity contribution in [1.82, 2.24) is 10.1 Å². The number of nitrogens with zero attached hydrogens (tertiary/aromatic N) is 2. The second-order valence-electron chi connectivity index (χ2n) is 2.56. The summed E-state index contributed by atoms with van der Waals surface area (Å²) in [6.07, 6.45) is 1.21. The Bertz CT molecular complexity index is 432. The maximum absolute atomic E-state index is 10.3. The molecule has 2 aromatic heterocycles. The minimum atomic E-state index is -1.00. The molecule has 0 aromatic carbocycles. The average molecular weight is 194 g/mol. The van der Waals surface area contributed by atoms with Crippen molar-refractivity contribution in [3.63, 3.8) is 0 Å². The van der Waals surface area contributed by atoms with E-state index in [2.05, 4.69) is 10.1 Å². The number of hydrogen-bond donors (Lipinski definition) is 1. The molecule has 6 nitrogen and oxygen atoms in total. The predicted molar refractivity (Wildman–Crippen MR) is 43.3 cm³/mol. The van der Waals surface area contributed by atoms with Gasteiger partial charge in [-0.1, -0.05) is 5.16 Å². The molecule has 72 valence electrons. The van der Waals surface area contributed by atoms with Crippen LogP contribution in [0.5, 0.6) is 0 Å². The highest BCUT2D eigenvalue weighted by molar-refractivity contribution is 5.69. The number of furan rings is 1. The number of rotatable bonds is 3. The molecule has 2 aromatic rings. The van der Waals surface area contributed by atoms with Crippen LogP contribution in [0, 0.1) is 0 Å². The maximum atomic E-state index is 10.3. The molecular formula is C8H6N2O4. The average Bonchev–Trinajstić information content (AvgIpc) is 2.69. The molecule has 0 spiro atoms. The van der Waals surface area contributed by atoms with Crippen LogP contribution >= 0.6 is 0 Å². The van der Waals surface area contributed by atoms with Gasteiger partial charge in [0.05, 0.1) is 6.26 Å². The molecule has 1 N–H and O–H groups in total. The highest BCUT2D eigenvalue weighted by Gasteiger charge is 2.12. The van der Waals surface area contributed by atoms with Crippen molar-refractivity contribution in [2.75, 3.05) is 0 Å². The van der Waals surface area contributed by atoms with Gasteiger partial charge < -0.3 is 14.0 Å². The first-order chi connectivity index (χ1) is 6.75. The van der Waals surface area contributed by atoms with Gasteiger partial charge in [-0.2, -0.15) is 4.98 Å². The first-order valence-electron chi connectivity index (χ1n) is 3.84. The van der Waals surface area contributed by atoms with Crippen LogP contribution < -0.4 is 0 Å².